The summed E-state index contributed by atoms with van der Waals surface area (Å²) in [4.78, 5) is 14.2. The minimum atomic E-state index is 0.0369. The SMILES string of the molecule is COc1cc(C)c(CSCC(=O)NCc2ccc(N(C)C)cc2)cc1OC. The average molecular weight is 389 g/mol. The molecule has 0 saturated heterocycles. The number of methoxy groups -OCH3 is 2. The Kier molecular flexibility index (Phi) is 7.85. The topological polar surface area (TPSA) is 50.8 Å². The zero-order valence-electron chi connectivity index (χ0n) is 16.7. The molecule has 0 unspecified atom stereocenters. The maximum atomic E-state index is 12.1. The highest BCUT2D eigenvalue weighted by Gasteiger charge is 2.09. The van der Waals surface area contributed by atoms with Crippen LogP contribution in [0.5, 0.6) is 11.5 Å². The molecule has 2 aromatic carbocycles. The number of thioether (sulfide) groups is 1. The van der Waals surface area contributed by atoms with Gasteiger partial charge >= 0.3 is 0 Å². The highest BCUT2D eigenvalue weighted by Crippen LogP contribution is 2.31. The molecule has 5 nitrogen and oxygen atoms in total. The molecule has 27 heavy (non-hydrogen) atoms. The van der Waals surface area contributed by atoms with E-state index in [1.807, 2.05) is 45.3 Å². The van der Waals surface area contributed by atoms with Crippen LogP contribution in [-0.4, -0.2) is 40.0 Å². The van der Waals surface area contributed by atoms with E-state index in [1.165, 1.54) is 0 Å². The van der Waals surface area contributed by atoms with Crippen molar-refractivity contribution in [1.82, 2.24) is 5.32 Å². The van der Waals surface area contributed by atoms with Crippen molar-refractivity contribution < 1.29 is 14.3 Å². The van der Waals surface area contributed by atoms with Crippen molar-refractivity contribution in [3.63, 3.8) is 0 Å². The van der Waals surface area contributed by atoms with Gasteiger partial charge in [-0.1, -0.05) is 12.1 Å². The summed E-state index contributed by atoms with van der Waals surface area (Å²) in [7, 11) is 7.27. The van der Waals surface area contributed by atoms with Gasteiger partial charge in [-0.2, -0.15) is 0 Å². The maximum Gasteiger partial charge on any atom is 0.230 e. The van der Waals surface area contributed by atoms with E-state index in [4.69, 9.17) is 9.47 Å². The van der Waals surface area contributed by atoms with E-state index in [0.29, 0.717) is 18.0 Å². The Balaban J connectivity index is 1.80. The lowest BCUT2D eigenvalue weighted by Crippen LogP contribution is -2.24. The molecule has 0 spiro atoms. The predicted octanol–water partition coefficient (Wildman–Crippen LogP) is 3.63. The number of carbonyl (C=O) groups excluding carboxylic acids is 1. The number of aryl methyl sites for hydroxylation is 1. The van der Waals surface area contributed by atoms with Gasteiger partial charge in [0.2, 0.25) is 5.91 Å². The lowest BCUT2D eigenvalue weighted by atomic mass is 10.1. The van der Waals surface area contributed by atoms with Gasteiger partial charge in [-0.15, -0.1) is 11.8 Å². The van der Waals surface area contributed by atoms with Crippen molar-refractivity contribution in [3.8, 4) is 11.5 Å². The van der Waals surface area contributed by atoms with Gasteiger partial charge < -0.3 is 19.7 Å². The zero-order valence-corrected chi connectivity index (χ0v) is 17.5. The van der Waals surface area contributed by atoms with E-state index >= 15 is 0 Å². The summed E-state index contributed by atoms with van der Waals surface area (Å²) in [5.41, 5.74) is 4.51. The molecule has 0 bridgehead atoms. The molecule has 0 aliphatic rings. The van der Waals surface area contributed by atoms with Gasteiger partial charge in [-0.25, -0.2) is 0 Å². The fraction of sp³-hybridized carbons (Fsp3) is 0.381. The first-order valence-electron chi connectivity index (χ1n) is 8.76. The number of benzene rings is 2. The van der Waals surface area contributed by atoms with Crippen LogP contribution >= 0.6 is 11.8 Å². The number of rotatable bonds is 9. The molecule has 0 atom stereocenters. The Hall–Kier alpha value is -2.34. The first kappa shape index (κ1) is 21.0. The summed E-state index contributed by atoms with van der Waals surface area (Å²) in [6.07, 6.45) is 0. The molecule has 1 amide bonds. The number of nitrogens with zero attached hydrogens (tertiary/aromatic N) is 1. The smallest absolute Gasteiger partial charge is 0.230 e. The molecule has 6 heteroatoms. The van der Waals surface area contributed by atoms with Crippen molar-refractivity contribution in [1.29, 1.82) is 0 Å². The number of nitrogens with one attached hydrogen (secondary N) is 1. The van der Waals surface area contributed by atoms with Crippen molar-refractivity contribution in [2.24, 2.45) is 0 Å². The number of ether oxygens (including phenoxy) is 2. The van der Waals surface area contributed by atoms with E-state index in [0.717, 1.165) is 33.9 Å². The minimum absolute atomic E-state index is 0.0369. The Morgan fingerprint density at radius 2 is 1.70 bits per heavy atom. The van der Waals surface area contributed by atoms with Crippen molar-refractivity contribution in [2.75, 3.05) is 39.0 Å². The Bertz CT molecular complexity index is 761. The van der Waals surface area contributed by atoms with Crippen LogP contribution in [0.25, 0.3) is 0 Å². The largest absolute Gasteiger partial charge is 0.493 e. The van der Waals surface area contributed by atoms with E-state index in [9.17, 15) is 4.79 Å². The Labute approximate surface area is 166 Å². The highest BCUT2D eigenvalue weighted by atomic mass is 32.2. The van der Waals surface area contributed by atoms with E-state index < -0.39 is 0 Å². The van der Waals surface area contributed by atoms with Gasteiger partial charge in [0.15, 0.2) is 11.5 Å². The van der Waals surface area contributed by atoms with Crippen molar-refractivity contribution >= 4 is 23.4 Å². The molecule has 0 aliphatic heterocycles. The van der Waals surface area contributed by atoms with Crippen LogP contribution in [0.1, 0.15) is 16.7 Å². The summed E-state index contributed by atoms with van der Waals surface area (Å²) in [6.45, 7) is 2.58. The lowest BCUT2D eigenvalue weighted by Gasteiger charge is -2.13. The fourth-order valence-corrected chi connectivity index (χ4v) is 3.52. The molecular weight excluding hydrogens is 360 g/mol. The van der Waals surface area contributed by atoms with Gasteiger partial charge in [-0.05, 0) is 47.9 Å². The second-order valence-corrected chi connectivity index (χ2v) is 7.45. The van der Waals surface area contributed by atoms with Gasteiger partial charge in [0.25, 0.3) is 0 Å². The molecule has 2 rings (SSSR count). The Morgan fingerprint density at radius 1 is 1.07 bits per heavy atom. The normalized spacial score (nSPS) is 10.4. The van der Waals surface area contributed by atoms with Crippen LogP contribution in [0.15, 0.2) is 36.4 Å². The van der Waals surface area contributed by atoms with Crippen LogP contribution in [0.2, 0.25) is 0 Å². The summed E-state index contributed by atoms with van der Waals surface area (Å²) >= 11 is 1.59. The number of anilines is 1. The van der Waals surface area contributed by atoms with Gasteiger partial charge in [0.05, 0.1) is 20.0 Å². The second kappa shape index (κ2) is 10.1. The third-order valence-corrected chi connectivity index (χ3v) is 5.26. The third kappa shape index (κ3) is 6.10. The highest BCUT2D eigenvalue weighted by molar-refractivity contribution is 7.99. The molecule has 2 aromatic rings. The van der Waals surface area contributed by atoms with Crippen LogP contribution in [0.4, 0.5) is 5.69 Å². The van der Waals surface area contributed by atoms with Gasteiger partial charge in [0.1, 0.15) is 0 Å². The second-order valence-electron chi connectivity index (χ2n) is 6.46. The third-order valence-electron chi connectivity index (χ3n) is 4.28. The molecule has 1 N–H and O–H groups in total. The predicted molar refractivity (Wildman–Crippen MR) is 113 cm³/mol. The number of hydrogen-bond acceptors (Lipinski definition) is 5. The number of hydrogen-bond donors (Lipinski definition) is 1. The monoisotopic (exact) mass is 388 g/mol. The number of carbonyl (C=O) groups is 1. The Morgan fingerprint density at radius 3 is 2.30 bits per heavy atom. The van der Waals surface area contributed by atoms with Crippen molar-refractivity contribution in [2.45, 2.75) is 19.2 Å². The first-order chi connectivity index (χ1) is 12.9. The standard InChI is InChI=1S/C21H28N2O3S/c1-15-10-19(25-4)20(26-5)11-17(15)13-27-14-21(24)22-12-16-6-8-18(9-7-16)23(2)3/h6-11H,12-14H2,1-5H3,(H,22,24). The molecule has 0 saturated carbocycles. The van der Waals surface area contributed by atoms with Crippen LogP contribution in [0, 0.1) is 6.92 Å². The quantitative estimate of drug-likeness (QED) is 0.711. The molecular formula is C21H28N2O3S. The summed E-state index contributed by atoms with van der Waals surface area (Å²) in [5, 5.41) is 2.97. The summed E-state index contributed by atoms with van der Waals surface area (Å²) < 4.78 is 10.7. The van der Waals surface area contributed by atoms with Gasteiger partial charge in [0, 0.05) is 32.1 Å². The van der Waals surface area contributed by atoms with E-state index in [1.54, 1.807) is 26.0 Å². The fourth-order valence-electron chi connectivity index (χ4n) is 2.60. The first-order valence-corrected chi connectivity index (χ1v) is 9.92. The zero-order chi connectivity index (χ0) is 19.8. The minimum Gasteiger partial charge on any atom is -0.493 e. The lowest BCUT2D eigenvalue weighted by molar-refractivity contribution is -0.118. The maximum absolute atomic E-state index is 12.1. The van der Waals surface area contributed by atoms with Crippen LogP contribution in [-0.2, 0) is 17.1 Å². The summed E-state index contributed by atoms with van der Waals surface area (Å²) in [5.74, 6) is 2.64. The molecule has 146 valence electrons. The summed E-state index contributed by atoms with van der Waals surface area (Å²) in [6, 6.07) is 12.1. The van der Waals surface area contributed by atoms with Gasteiger partial charge in [-0.3, -0.25) is 4.79 Å². The molecule has 0 aliphatic carbocycles. The van der Waals surface area contributed by atoms with Crippen molar-refractivity contribution in [3.05, 3.63) is 53.1 Å². The molecule has 0 radical (unpaired) electrons. The molecule has 0 fully saturated rings. The van der Waals surface area contributed by atoms with E-state index in [2.05, 4.69) is 22.3 Å². The van der Waals surface area contributed by atoms with E-state index in [-0.39, 0.29) is 5.91 Å². The molecule has 0 aromatic heterocycles. The number of amides is 1. The molecule has 0 heterocycles. The van der Waals surface area contributed by atoms with Crippen LogP contribution in [0.3, 0.4) is 0 Å². The average Bonchev–Trinajstić information content (AvgIpc) is 2.67. The van der Waals surface area contributed by atoms with Crippen LogP contribution < -0.4 is 19.7 Å².